The second kappa shape index (κ2) is 5.64. The van der Waals surface area contributed by atoms with Crippen LogP contribution in [0.3, 0.4) is 0 Å². The van der Waals surface area contributed by atoms with E-state index in [0.717, 1.165) is 18.4 Å². The number of esters is 1. The number of carbonyl (C=O) groups excluding carboxylic acids is 3. The first-order valence-corrected chi connectivity index (χ1v) is 11.6. The van der Waals surface area contributed by atoms with E-state index < -0.39 is 40.0 Å². The molecule has 6 heteroatoms. The molecule has 0 bridgehead atoms. The molecule has 32 heavy (non-hydrogen) atoms. The third-order valence-electron chi connectivity index (χ3n) is 10.3. The van der Waals surface area contributed by atoms with Gasteiger partial charge in [0.25, 0.3) is 0 Å². The molecule has 0 unspecified atom stereocenters. The van der Waals surface area contributed by atoms with Crippen LogP contribution in [0.25, 0.3) is 0 Å². The van der Waals surface area contributed by atoms with Crippen LogP contribution in [0.4, 0.5) is 0 Å². The van der Waals surface area contributed by atoms with Crippen molar-refractivity contribution in [2.75, 3.05) is 0 Å². The van der Waals surface area contributed by atoms with Gasteiger partial charge in [-0.2, -0.15) is 0 Å². The first kappa shape index (κ1) is 20.4. The highest BCUT2D eigenvalue weighted by Gasteiger charge is 2.88. The molecule has 3 aliphatic carbocycles. The SMILES string of the molecule is CC1(C)C(=O)C=C[C@@]2(C)[C@@H]1CC(=O)[C@]1(C)[C@H]2CC[C@@]2(C)[C@H](c3ccoc3)OC(=O)[C@H]3O[C@@]321. The first-order valence-electron chi connectivity index (χ1n) is 11.6. The number of ketones is 2. The van der Waals surface area contributed by atoms with Crippen LogP contribution in [0.1, 0.15) is 65.5 Å². The molecule has 170 valence electrons. The van der Waals surface area contributed by atoms with Crippen molar-refractivity contribution in [1.82, 2.24) is 0 Å². The number of Topliss-reactive ketones (excluding diaryl/α,β-unsaturated/α-hetero) is 1. The van der Waals surface area contributed by atoms with Crippen molar-refractivity contribution in [2.24, 2.45) is 33.5 Å². The third kappa shape index (κ3) is 1.92. The lowest BCUT2D eigenvalue weighted by Gasteiger charge is -2.66. The largest absolute Gasteiger partial charge is 0.472 e. The van der Waals surface area contributed by atoms with Gasteiger partial charge in [0.1, 0.15) is 17.5 Å². The number of hydrogen-bond acceptors (Lipinski definition) is 6. The summed E-state index contributed by atoms with van der Waals surface area (Å²) in [4.78, 5) is 39.8. The molecule has 0 amide bonds. The standard InChI is InChI=1S/C26H30O6/c1-22(2)16-12-18(28)25(5)15(23(16,3)9-7-17(22)27)6-10-24(4)19(14-8-11-30-13-14)31-21(29)20-26(24,25)32-20/h7-9,11,13,15-16,19-20H,6,10,12H2,1-5H3/t15-,16+,19-,20+,23+,24-,25-,26-/m0/s1. The molecule has 2 saturated carbocycles. The van der Waals surface area contributed by atoms with Gasteiger partial charge in [-0.05, 0) is 49.2 Å². The van der Waals surface area contributed by atoms with Crippen molar-refractivity contribution in [3.05, 3.63) is 36.3 Å². The number of cyclic esters (lactones) is 1. The average molecular weight is 439 g/mol. The fourth-order valence-corrected chi connectivity index (χ4v) is 8.56. The summed E-state index contributed by atoms with van der Waals surface area (Å²) < 4.78 is 17.5. The third-order valence-corrected chi connectivity index (χ3v) is 10.3. The van der Waals surface area contributed by atoms with Crippen molar-refractivity contribution in [1.29, 1.82) is 0 Å². The van der Waals surface area contributed by atoms with Gasteiger partial charge in [0.05, 0.1) is 17.9 Å². The summed E-state index contributed by atoms with van der Waals surface area (Å²) in [6.45, 7) is 10.2. The van der Waals surface area contributed by atoms with Crippen LogP contribution in [0, 0.1) is 33.5 Å². The Hall–Kier alpha value is -2.21. The summed E-state index contributed by atoms with van der Waals surface area (Å²) in [6.07, 6.45) is 7.57. The van der Waals surface area contributed by atoms with Crippen LogP contribution < -0.4 is 0 Å². The zero-order valence-corrected chi connectivity index (χ0v) is 19.3. The van der Waals surface area contributed by atoms with Gasteiger partial charge in [0, 0.05) is 22.8 Å². The summed E-state index contributed by atoms with van der Waals surface area (Å²) in [5.41, 5.74) is -2.45. The maximum absolute atomic E-state index is 14.1. The molecule has 2 aliphatic heterocycles. The van der Waals surface area contributed by atoms with Crippen molar-refractivity contribution in [2.45, 2.75) is 71.7 Å². The minimum absolute atomic E-state index is 0.0288. The van der Waals surface area contributed by atoms with Gasteiger partial charge in [0.15, 0.2) is 11.9 Å². The molecule has 4 fully saturated rings. The molecule has 6 rings (SSSR count). The number of allylic oxidation sites excluding steroid dienone is 2. The summed E-state index contributed by atoms with van der Waals surface area (Å²) in [5.74, 6) is -0.312. The van der Waals surface area contributed by atoms with Crippen LogP contribution >= 0.6 is 0 Å². The van der Waals surface area contributed by atoms with E-state index in [1.54, 1.807) is 18.6 Å². The van der Waals surface area contributed by atoms with E-state index in [-0.39, 0.29) is 28.8 Å². The normalized spacial score (nSPS) is 50.6. The van der Waals surface area contributed by atoms with Crippen molar-refractivity contribution < 1.29 is 28.3 Å². The number of carbonyl (C=O) groups is 3. The van der Waals surface area contributed by atoms with Crippen LogP contribution in [-0.4, -0.2) is 29.2 Å². The zero-order chi connectivity index (χ0) is 22.9. The Morgan fingerprint density at radius 3 is 2.44 bits per heavy atom. The molecule has 3 heterocycles. The molecule has 1 spiro atoms. The molecular weight excluding hydrogens is 408 g/mol. The minimum atomic E-state index is -0.912. The van der Waals surface area contributed by atoms with E-state index in [0.29, 0.717) is 6.42 Å². The maximum Gasteiger partial charge on any atom is 0.339 e. The van der Waals surface area contributed by atoms with E-state index in [1.165, 1.54) is 0 Å². The highest BCUT2D eigenvalue weighted by atomic mass is 16.7. The molecular formula is C26H30O6. The quantitative estimate of drug-likeness (QED) is 0.483. The average Bonchev–Trinajstić information content (AvgIpc) is 3.30. The van der Waals surface area contributed by atoms with Gasteiger partial charge in [-0.3, -0.25) is 9.59 Å². The first-order chi connectivity index (χ1) is 14.9. The molecule has 2 saturated heterocycles. The van der Waals surface area contributed by atoms with Gasteiger partial charge in [-0.15, -0.1) is 0 Å². The minimum Gasteiger partial charge on any atom is -0.472 e. The number of epoxide rings is 1. The summed E-state index contributed by atoms with van der Waals surface area (Å²) >= 11 is 0. The van der Waals surface area contributed by atoms with Gasteiger partial charge in [-0.1, -0.05) is 33.8 Å². The van der Waals surface area contributed by atoms with E-state index in [1.807, 2.05) is 32.9 Å². The fourth-order valence-electron chi connectivity index (χ4n) is 8.56. The number of hydrogen-bond donors (Lipinski definition) is 0. The number of rotatable bonds is 1. The van der Waals surface area contributed by atoms with Crippen molar-refractivity contribution in [3.8, 4) is 0 Å². The Morgan fingerprint density at radius 1 is 1.00 bits per heavy atom. The zero-order valence-electron chi connectivity index (χ0n) is 19.3. The molecule has 8 atom stereocenters. The molecule has 0 aromatic carbocycles. The predicted molar refractivity (Wildman–Crippen MR) is 113 cm³/mol. The fraction of sp³-hybridized carbons (Fsp3) is 0.654. The second-order valence-electron chi connectivity index (χ2n) is 11.8. The molecule has 6 nitrogen and oxygen atoms in total. The highest BCUT2D eigenvalue weighted by Crippen LogP contribution is 2.78. The van der Waals surface area contributed by atoms with Gasteiger partial charge < -0.3 is 13.9 Å². The van der Waals surface area contributed by atoms with E-state index >= 15 is 0 Å². The molecule has 0 radical (unpaired) electrons. The molecule has 1 aromatic heterocycles. The van der Waals surface area contributed by atoms with Gasteiger partial charge in [0.2, 0.25) is 0 Å². The lowest BCUT2D eigenvalue weighted by atomic mass is 9.36. The lowest BCUT2D eigenvalue weighted by Crippen LogP contribution is -2.71. The summed E-state index contributed by atoms with van der Waals surface area (Å²) in [6, 6.07) is 1.83. The maximum atomic E-state index is 14.1. The summed E-state index contributed by atoms with van der Waals surface area (Å²) in [5, 5.41) is 0. The Balaban J connectivity index is 1.53. The van der Waals surface area contributed by atoms with E-state index in [4.69, 9.17) is 13.9 Å². The number of fused-ring (bicyclic) bond motifs is 3. The van der Waals surface area contributed by atoms with Gasteiger partial charge >= 0.3 is 5.97 Å². The molecule has 0 N–H and O–H groups in total. The summed E-state index contributed by atoms with van der Waals surface area (Å²) in [7, 11) is 0. The number of ether oxygens (including phenoxy) is 2. The topological polar surface area (TPSA) is 86.1 Å². The van der Waals surface area contributed by atoms with Crippen LogP contribution in [-0.2, 0) is 23.9 Å². The number of furan rings is 1. The molecule has 5 aliphatic rings. The smallest absolute Gasteiger partial charge is 0.339 e. The molecule has 1 aromatic rings. The van der Waals surface area contributed by atoms with E-state index in [9.17, 15) is 14.4 Å². The van der Waals surface area contributed by atoms with Gasteiger partial charge in [-0.25, -0.2) is 4.79 Å². The second-order valence-corrected chi connectivity index (χ2v) is 11.8. The van der Waals surface area contributed by atoms with Crippen LogP contribution in [0.5, 0.6) is 0 Å². The predicted octanol–water partition coefficient (Wildman–Crippen LogP) is 4.20. The van der Waals surface area contributed by atoms with Crippen molar-refractivity contribution >= 4 is 17.5 Å². The Bertz CT molecular complexity index is 1080. The van der Waals surface area contributed by atoms with E-state index in [2.05, 4.69) is 13.8 Å². The van der Waals surface area contributed by atoms with Crippen LogP contribution in [0.15, 0.2) is 35.2 Å². The van der Waals surface area contributed by atoms with Crippen molar-refractivity contribution in [3.63, 3.8) is 0 Å². The Morgan fingerprint density at radius 2 is 1.75 bits per heavy atom. The Labute approximate surface area is 187 Å². The van der Waals surface area contributed by atoms with Crippen LogP contribution in [0.2, 0.25) is 0 Å². The monoisotopic (exact) mass is 438 g/mol. The lowest BCUT2D eigenvalue weighted by molar-refractivity contribution is -0.210. The highest BCUT2D eigenvalue weighted by molar-refractivity contribution is 5.98. The Kier molecular flexibility index (Phi) is 3.60.